The molecule has 2 rings (SSSR count). The fourth-order valence-electron chi connectivity index (χ4n) is 1.99. The summed E-state index contributed by atoms with van der Waals surface area (Å²) in [7, 11) is 0. The third-order valence-electron chi connectivity index (χ3n) is 2.91. The third-order valence-corrected chi connectivity index (χ3v) is 3.62. The van der Waals surface area contributed by atoms with E-state index < -0.39 is 0 Å². The molecule has 4 nitrogen and oxygen atoms in total. The molecule has 0 heterocycles. The van der Waals surface area contributed by atoms with Crippen molar-refractivity contribution in [3.05, 3.63) is 57.0 Å². The Morgan fingerprint density at radius 1 is 1.26 bits per heavy atom. The number of carbonyl (C=O) groups excluding carboxylic acids is 2. The van der Waals surface area contributed by atoms with E-state index >= 15 is 0 Å². The van der Waals surface area contributed by atoms with Gasteiger partial charge in [-0.3, -0.25) is 9.59 Å². The lowest BCUT2D eigenvalue weighted by atomic mass is 10.1. The van der Waals surface area contributed by atoms with Crippen LogP contribution in [0.3, 0.4) is 0 Å². The maximum Gasteiger partial charge on any atom is 0.310 e. The Balaban J connectivity index is 2.25. The van der Waals surface area contributed by atoms with E-state index in [1.165, 1.54) is 0 Å². The Labute approximate surface area is 147 Å². The topological polar surface area (TPSA) is 52.6 Å². The van der Waals surface area contributed by atoms with E-state index in [1.54, 1.807) is 43.3 Å². The maximum atomic E-state index is 11.6. The van der Waals surface area contributed by atoms with E-state index in [-0.39, 0.29) is 12.4 Å². The first kappa shape index (κ1) is 17.5. The second-order valence-electron chi connectivity index (χ2n) is 4.68. The first-order chi connectivity index (χ1) is 11.0. The van der Waals surface area contributed by atoms with Gasteiger partial charge in [0.2, 0.25) is 0 Å². The van der Waals surface area contributed by atoms with Gasteiger partial charge in [0.05, 0.1) is 18.6 Å². The molecule has 0 amide bonds. The van der Waals surface area contributed by atoms with Gasteiger partial charge in [0.1, 0.15) is 11.5 Å². The number of hydrogen-bond donors (Lipinski definition) is 0. The zero-order chi connectivity index (χ0) is 16.8. The fourth-order valence-corrected chi connectivity index (χ4v) is 2.62. The summed E-state index contributed by atoms with van der Waals surface area (Å²) in [6, 6.07) is 10.1. The van der Waals surface area contributed by atoms with Crippen molar-refractivity contribution in [2.24, 2.45) is 0 Å². The molecule has 6 heteroatoms. The third kappa shape index (κ3) is 5.08. The van der Waals surface area contributed by atoms with E-state index in [1.807, 2.05) is 0 Å². The van der Waals surface area contributed by atoms with Crippen LogP contribution < -0.4 is 4.74 Å². The van der Waals surface area contributed by atoms with Crippen LogP contribution in [0.2, 0.25) is 5.02 Å². The average Bonchev–Trinajstić information content (AvgIpc) is 2.48. The molecule has 0 saturated heterocycles. The molecule has 0 atom stereocenters. The van der Waals surface area contributed by atoms with Gasteiger partial charge in [-0.2, -0.15) is 0 Å². The Kier molecular flexibility index (Phi) is 6.19. The van der Waals surface area contributed by atoms with E-state index in [0.717, 1.165) is 4.47 Å². The Hall–Kier alpha value is -1.85. The maximum absolute atomic E-state index is 11.6. The summed E-state index contributed by atoms with van der Waals surface area (Å²) in [5, 5.41) is 0.437. The number of aldehydes is 1. The summed E-state index contributed by atoms with van der Waals surface area (Å²) in [5.74, 6) is 0.521. The van der Waals surface area contributed by atoms with Gasteiger partial charge in [-0.1, -0.05) is 27.5 Å². The summed E-state index contributed by atoms with van der Waals surface area (Å²) >= 11 is 9.37. The summed E-state index contributed by atoms with van der Waals surface area (Å²) < 4.78 is 11.4. The molecule has 0 fully saturated rings. The molecular formula is C17H14BrClO4. The highest BCUT2D eigenvalue weighted by molar-refractivity contribution is 9.10. The predicted molar refractivity (Wildman–Crippen MR) is 91.4 cm³/mol. The SMILES string of the molecule is CCOC(=O)Cc1cc(Cl)cc(Oc2ccc(Br)cc2C=O)c1. The predicted octanol–water partition coefficient (Wildman–Crippen LogP) is 4.81. The Morgan fingerprint density at radius 2 is 2.04 bits per heavy atom. The van der Waals surface area contributed by atoms with Crippen molar-refractivity contribution in [3.63, 3.8) is 0 Å². The van der Waals surface area contributed by atoms with Gasteiger partial charge in [-0.25, -0.2) is 0 Å². The minimum Gasteiger partial charge on any atom is -0.466 e. The minimum atomic E-state index is -0.335. The van der Waals surface area contributed by atoms with Crippen LogP contribution in [-0.4, -0.2) is 18.9 Å². The molecule has 23 heavy (non-hydrogen) atoms. The molecule has 0 bridgehead atoms. The van der Waals surface area contributed by atoms with Crippen LogP contribution in [0.5, 0.6) is 11.5 Å². The lowest BCUT2D eigenvalue weighted by Crippen LogP contribution is -2.07. The number of hydrogen-bond acceptors (Lipinski definition) is 4. The van der Waals surface area contributed by atoms with Crippen molar-refractivity contribution in [2.45, 2.75) is 13.3 Å². The molecule has 120 valence electrons. The van der Waals surface area contributed by atoms with E-state index in [9.17, 15) is 9.59 Å². The molecule has 0 unspecified atom stereocenters. The van der Waals surface area contributed by atoms with Crippen molar-refractivity contribution in [3.8, 4) is 11.5 Å². The first-order valence-corrected chi connectivity index (χ1v) is 8.06. The van der Waals surface area contributed by atoms with E-state index in [2.05, 4.69) is 15.9 Å². The van der Waals surface area contributed by atoms with Gasteiger partial charge < -0.3 is 9.47 Å². The van der Waals surface area contributed by atoms with E-state index in [0.29, 0.717) is 40.5 Å². The summed E-state index contributed by atoms with van der Waals surface area (Å²) in [6.45, 7) is 2.07. The normalized spacial score (nSPS) is 10.2. The first-order valence-electron chi connectivity index (χ1n) is 6.89. The molecule has 0 radical (unpaired) electrons. The van der Waals surface area contributed by atoms with Crippen LogP contribution in [0.1, 0.15) is 22.8 Å². The van der Waals surface area contributed by atoms with Gasteiger partial charge in [0.25, 0.3) is 0 Å². The standard InChI is InChI=1S/C17H14BrClO4/c1-2-22-17(21)7-11-5-14(19)9-15(6-11)23-16-4-3-13(18)8-12(16)10-20/h3-6,8-10H,2,7H2,1H3. The van der Waals surface area contributed by atoms with Gasteiger partial charge in [-0.05, 0) is 48.9 Å². The fraction of sp³-hybridized carbons (Fsp3) is 0.176. The monoisotopic (exact) mass is 396 g/mol. The average molecular weight is 398 g/mol. The van der Waals surface area contributed by atoms with Crippen molar-refractivity contribution in [2.75, 3.05) is 6.61 Å². The molecule has 0 spiro atoms. The molecule has 2 aromatic carbocycles. The molecular weight excluding hydrogens is 384 g/mol. The van der Waals surface area contributed by atoms with Crippen LogP contribution in [0, 0.1) is 0 Å². The van der Waals surface area contributed by atoms with Gasteiger partial charge in [-0.15, -0.1) is 0 Å². The number of carbonyl (C=O) groups is 2. The number of ether oxygens (including phenoxy) is 2. The van der Waals surface area contributed by atoms with Crippen molar-refractivity contribution in [1.82, 2.24) is 0 Å². The summed E-state index contributed by atoms with van der Waals surface area (Å²) in [6.07, 6.45) is 0.815. The number of esters is 1. The van der Waals surface area contributed by atoms with E-state index in [4.69, 9.17) is 21.1 Å². The highest BCUT2D eigenvalue weighted by atomic mass is 79.9. The van der Waals surface area contributed by atoms with Crippen LogP contribution in [0.4, 0.5) is 0 Å². The van der Waals surface area contributed by atoms with Crippen molar-refractivity contribution < 1.29 is 19.1 Å². The molecule has 2 aromatic rings. The quantitative estimate of drug-likeness (QED) is 0.518. The Morgan fingerprint density at radius 3 is 2.74 bits per heavy atom. The molecule has 0 N–H and O–H groups in total. The second kappa shape index (κ2) is 8.13. The summed E-state index contributed by atoms with van der Waals surface area (Å²) in [5.41, 5.74) is 1.09. The van der Waals surface area contributed by atoms with Gasteiger partial charge in [0, 0.05) is 9.50 Å². The van der Waals surface area contributed by atoms with Crippen LogP contribution in [0.15, 0.2) is 40.9 Å². The highest BCUT2D eigenvalue weighted by Crippen LogP contribution is 2.30. The van der Waals surface area contributed by atoms with Crippen LogP contribution in [0.25, 0.3) is 0 Å². The lowest BCUT2D eigenvalue weighted by Gasteiger charge is -2.10. The molecule has 0 aliphatic rings. The molecule has 0 aliphatic carbocycles. The van der Waals surface area contributed by atoms with Crippen molar-refractivity contribution in [1.29, 1.82) is 0 Å². The van der Waals surface area contributed by atoms with Crippen molar-refractivity contribution >= 4 is 39.8 Å². The lowest BCUT2D eigenvalue weighted by molar-refractivity contribution is -0.142. The smallest absolute Gasteiger partial charge is 0.310 e. The zero-order valence-electron chi connectivity index (χ0n) is 12.3. The summed E-state index contributed by atoms with van der Waals surface area (Å²) in [4.78, 5) is 22.7. The number of halogens is 2. The van der Waals surface area contributed by atoms with Gasteiger partial charge in [0.15, 0.2) is 6.29 Å². The van der Waals surface area contributed by atoms with Gasteiger partial charge >= 0.3 is 5.97 Å². The number of rotatable bonds is 6. The minimum absolute atomic E-state index is 0.103. The largest absolute Gasteiger partial charge is 0.466 e. The molecule has 0 aliphatic heterocycles. The van der Waals surface area contributed by atoms with Crippen LogP contribution >= 0.6 is 27.5 Å². The Bertz CT molecular complexity index is 731. The van der Waals surface area contributed by atoms with Crippen LogP contribution in [-0.2, 0) is 16.0 Å². The number of benzene rings is 2. The highest BCUT2D eigenvalue weighted by Gasteiger charge is 2.10. The molecule has 0 aromatic heterocycles. The zero-order valence-corrected chi connectivity index (χ0v) is 14.7. The second-order valence-corrected chi connectivity index (χ2v) is 6.03. The molecule has 0 saturated carbocycles.